The van der Waals surface area contributed by atoms with E-state index in [9.17, 15) is 9.59 Å². The molecule has 1 heterocycles. The molecule has 0 saturated heterocycles. The van der Waals surface area contributed by atoms with Crippen molar-refractivity contribution in [1.82, 2.24) is 0 Å². The summed E-state index contributed by atoms with van der Waals surface area (Å²) in [5, 5.41) is 0. The summed E-state index contributed by atoms with van der Waals surface area (Å²) in [6.45, 7) is 18.7. The number of benzene rings is 4. The molecule has 0 amide bonds. The van der Waals surface area contributed by atoms with Crippen molar-refractivity contribution in [2.75, 3.05) is 75.7 Å². The van der Waals surface area contributed by atoms with Gasteiger partial charge in [-0.3, -0.25) is 0 Å². The number of nitrogens with zero attached hydrogens (tertiary/aromatic N) is 2. The SMILES string of the molecule is CCCCCCCCCCCCOc1cc(C(=O)OCCCN2c3ccccc3N(CCCOC(=O)c3cc(OCCCCCCCCCCCC)c(OCCCCCCCCCCCC)c(OCCCCCCCCCCCC)c3)c3ccccc32)cc(OCCCCCCCCCCCC)c1OCCCCCCCCCCCC. The number of carbonyl (C=O) groups excluding carboxylic acids is 2. The Kier molecular flexibility index (Phi) is 61.7. The summed E-state index contributed by atoms with van der Waals surface area (Å²) in [7, 11) is 0. The first kappa shape index (κ1) is 101. The van der Waals surface area contributed by atoms with Gasteiger partial charge in [0.25, 0.3) is 0 Å². The Hall–Kier alpha value is -5.78. The van der Waals surface area contributed by atoms with E-state index < -0.39 is 11.9 Å². The van der Waals surface area contributed by atoms with E-state index in [1.54, 1.807) is 0 Å². The molecule has 0 bridgehead atoms. The summed E-state index contributed by atoms with van der Waals surface area (Å²) < 4.78 is 52.7. The first-order chi connectivity index (χ1) is 57.4. The number of carbonyl (C=O) groups is 2. The Morgan fingerprint density at radius 1 is 0.216 bits per heavy atom. The van der Waals surface area contributed by atoms with E-state index in [0.717, 1.165) is 99.8 Å². The molecule has 0 fully saturated rings. The van der Waals surface area contributed by atoms with Crippen LogP contribution < -0.4 is 38.2 Å². The molecule has 0 saturated carbocycles. The van der Waals surface area contributed by atoms with Crippen LogP contribution in [0, 0.1) is 0 Å². The minimum absolute atomic E-state index is 0.227. The van der Waals surface area contributed by atoms with E-state index >= 15 is 0 Å². The predicted octanol–water partition coefficient (Wildman–Crippen LogP) is 32.6. The van der Waals surface area contributed by atoms with Crippen LogP contribution in [0.1, 0.15) is 460 Å². The normalized spacial score (nSPS) is 11.8. The minimum atomic E-state index is -0.396. The predicted molar refractivity (Wildman–Crippen MR) is 494 cm³/mol. The van der Waals surface area contributed by atoms with E-state index in [4.69, 9.17) is 37.9 Å². The second-order valence-corrected chi connectivity index (χ2v) is 34.0. The van der Waals surface area contributed by atoms with Crippen LogP contribution in [0.2, 0.25) is 0 Å². The van der Waals surface area contributed by atoms with Crippen LogP contribution in [0.3, 0.4) is 0 Å². The molecule has 0 N–H and O–H groups in total. The Balaban J connectivity index is 1.27. The number of ether oxygens (including phenoxy) is 8. The van der Waals surface area contributed by atoms with Crippen molar-refractivity contribution in [2.24, 2.45) is 0 Å². The molecule has 4 aromatic carbocycles. The highest BCUT2D eigenvalue weighted by molar-refractivity contribution is 5.94. The lowest BCUT2D eigenvalue weighted by molar-refractivity contribution is 0.0492. The molecule has 0 spiro atoms. The molecule has 12 nitrogen and oxygen atoms in total. The van der Waals surface area contributed by atoms with Crippen LogP contribution in [0.25, 0.3) is 0 Å². The summed E-state index contributed by atoms with van der Waals surface area (Å²) in [6.07, 6.45) is 76.0. The fourth-order valence-corrected chi connectivity index (χ4v) is 16.2. The average molecular weight is 1610 g/mol. The lowest BCUT2D eigenvalue weighted by atomic mass is 10.1. The van der Waals surface area contributed by atoms with Gasteiger partial charge in [0.15, 0.2) is 23.0 Å². The highest BCUT2D eigenvalue weighted by Crippen LogP contribution is 2.48. The molecule has 0 atom stereocenters. The van der Waals surface area contributed by atoms with Crippen molar-refractivity contribution in [1.29, 1.82) is 0 Å². The summed E-state index contributed by atoms with van der Waals surface area (Å²) in [5.74, 6) is 2.70. The standard InChI is InChI=1S/C104H174N2O10/c1-7-13-19-25-31-37-43-49-55-65-79-109-97-87-91(88-98(110-80-66-56-50-44-38-32-26-20-14-8-2)101(97)113-83-69-59-53-47-41-35-29-23-17-11-5)103(107)115-85-71-77-105-93-73-61-63-75-95(93)106(96-76-64-62-74-94(96)105)78-72-86-116-104(108)92-89-99(111-81-67-57-51-45-39-33-27-21-15-9-3)102(114-84-70-60-54-48-42-36-30-24-18-12-6)100(90-92)112-82-68-58-52-46-40-34-28-22-16-10-4/h61-64,73-76,87-90H,7-60,65-72,77-86H2,1-6H3. The van der Waals surface area contributed by atoms with Crippen LogP contribution >= 0.6 is 0 Å². The van der Waals surface area contributed by atoms with Crippen molar-refractivity contribution in [3.05, 3.63) is 83.9 Å². The van der Waals surface area contributed by atoms with Crippen LogP contribution in [-0.4, -0.2) is 77.9 Å². The molecule has 1 aliphatic heterocycles. The van der Waals surface area contributed by atoms with Gasteiger partial charge in [-0.1, -0.05) is 413 Å². The van der Waals surface area contributed by atoms with Crippen molar-refractivity contribution in [3.63, 3.8) is 0 Å². The fraction of sp³-hybridized carbons (Fsp3) is 0.750. The molecule has 4 aromatic rings. The van der Waals surface area contributed by atoms with Gasteiger partial charge in [0.1, 0.15) is 0 Å². The maximum Gasteiger partial charge on any atom is 0.338 e. The summed E-state index contributed by atoms with van der Waals surface area (Å²) in [5.41, 5.74) is 5.12. The molecule has 12 heteroatoms. The zero-order valence-corrected chi connectivity index (χ0v) is 75.8. The molecule has 116 heavy (non-hydrogen) atoms. The third-order valence-corrected chi connectivity index (χ3v) is 23.5. The van der Waals surface area contributed by atoms with Gasteiger partial charge in [-0.2, -0.15) is 0 Å². The van der Waals surface area contributed by atoms with E-state index in [-0.39, 0.29) is 13.2 Å². The Labute approximate surface area is 712 Å². The van der Waals surface area contributed by atoms with Crippen molar-refractivity contribution in [2.45, 2.75) is 440 Å². The second-order valence-electron chi connectivity index (χ2n) is 34.0. The van der Waals surface area contributed by atoms with Gasteiger partial charge in [0.05, 0.1) is 86.7 Å². The van der Waals surface area contributed by atoms with Gasteiger partial charge in [0.2, 0.25) is 11.5 Å². The van der Waals surface area contributed by atoms with Gasteiger partial charge >= 0.3 is 11.9 Å². The minimum Gasteiger partial charge on any atom is -0.490 e. The highest BCUT2D eigenvalue weighted by Gasteiger charge is 2.29. The lowest BCUT2D eigenvalue weighted by Gasteiger charge is -2.40. The van der Waals surface area contributed by atoms with Crippen molar-refractivity contribution < 1.29 is 47.5 Å². The maximum absolute atomic E-state index is 14.5. The Morgan fingerprint density at radius 2 is 0.388 bits per heavy atom. The second kappa shape index (κ2) is 71.0. The molecule has 0 unspecified atom stereocenters. The number of unbranched alkanes of at least 4 members (excludes halogenated alkanes) is 54. The van der Waals surface area contributed by atoms with Gasteiger partial charge in [0, 0.05) is 13.1 Å². The average Bonchev–Trinajstić information content (AvgIpc) is 0.753. The molecular weight excluding hydrogens is 1440 g/mol. The molecule has 0 radical (unpaired) electrons. The molecule has 0 aliphatic carbocycles. The third kappa shape index (κ3) is 46.1. The topological polar surface area (TPSA) is 114 Å². The number of hydrogen-bond donors (Lipinski definition) is 0. The zero-order valence-electron chi connectivity index (χ0n) is 75.8. The van der Waals surface area contributed by atoms with Crippen LogP contribution in [-0.2, 0) is 9.47 Å². The largest absolute Gasteiger partial charge is 0.490 e. The number of hydrogen-bond acceptors (Lipinski definition) is 12. The number of anilines is 4. The summed E-state index contributed by atoms with van der Waals surface area (Å²) in [6, 6.07) is 24.5. The van der Waals surface area contributed by atoms with E-state index in [1.807, 2.05) is 24.3 Å². The third-order valence-electron chi connectivity index (χ3n) is 23.5. The van der Waals surface area contributed by atoms with Gasteiger partial charge < -0.3 is 47.7 Å². The van der Waals surface area contributed by atoms with Crippen LogP contribution in [0.15, 0.2) is 72.8 Å². The molecule has 0 aromatic heterocycles. The first-order valence-corrected chi connectivity index (χ1v) is 49.6. The monoisotopic (exact) mass is 1610 g/mol. The lowest BCUT2D eigenvalue weighted by Crippen LogP contribution is -2.31. The van der Waals surface area contributed by atoms with Gasteiger partial charge in [-0.15, -0.1) is 0 Å². The first-order valence-electron chi connectivity index (χ1n) is 49.6. The molecule has 1 aliphatic rings. The molecule has 660 valence electrons. The summed E-state index contributed by atoms with van der Waals surface area (Å²) in [4.78, 5) is 33.7. The number of rotatable bonds is 82. The van der Waals surface area contributed by atoms with Crippen LogP contribution in [0.4, 0.5) is 22.7 Å². The highest BCUT2D eigenvalue weighted by atomic mass is 16.6. The number of esters is 2. The van der Waals surface area contributed by atoms with Crippen molar-refractivity contribution in [3.8, 4) is 34.5 Å². The number of para-hydroxylation sites is 4. The Bertz CT molecular complexity index is 2650. The van der Waals surface area contributed by atoms with E-state index in [0.29, 0.717) is 111 Å². The summed E-state index contributed by atoms with van der Waals surface area (Å²) >= 11 is 0. The van der Waals surface area contributed by atoms with Gasteiger partial charge in [-0.05, 0) is 99.9 Å². The van der Waals surface area contributed by atoms with Gasteiger partial charge in [-0.25, -0.2) is 9.59 Å². The molecular formula is C104H174N2O10. The molecule has 5 rings (SSSR count). The van der Waals surface area contributed by atoms with Crippen LogP contribution in [0.5, 0.6) is 34.5 Å². The Morgan fingerprint density at radius 3 is 0.578 bits per heavy atom. The fourth-order valence-electron chi connectivity index (χ4n) is 16.2. The quantitative estimate of drug-likeness (QED) is 0.0310. The zero-order chi connectivity index (χ0) is 82.3. The maximum atomic E-state index is 14.5. The van der Waals surface area contributed by atoms with Crippen molar-refractivity contribution >= 4 is 34.7 Å². The van der Waals surface area contributed by atoms with E-state index in [1.165, 1.54) is 308 Å². The van der Waals surface area contributed by atoms with E-state index in [2.05, 4.69) is 99.9 Å². The smallest absolute Gasteiger partial charge is 0.338 e. The number of fused-ring (bicyclic) bond motifs is 2.